The van der Waals surface area contributed by atoms with E-state index >= 15 is 0 Å². The van der Waals surface area contributed by atoms with Gasteiger partial charge in [-0.1, -0.05) is 0 Å². The van der Waals surface area contributed by atoms with Gasteiger partial charge in [0.2, 0.25) is 5.91 Å². The van der Waals surface area contributed by atoms with Crippen molar-refractivity contribution in [3.05, 3.63) is 33.8 Å². The third-order valence-electron chi connectivity index (χ3n) is 4.55. The predicted octanol–water partition coefficient (Wildman–Crippen LogP) is 3.81. The molecule has 2 heterocycles. The maximum atomic E-state index is 13.1. The highest BCUT2D eigenvalue weighted by Gasteiger charge is 2.41. The van der Waals surface area contributed by atoms with Crippen molar-refractivity contribution < 1.29 is 18.0 Å². The Balaban J connectivity index is 1.66. The van der Waals surface area contributed by atoms with Crippen LogP contribution in [0.2, 0.25) is 0 Å². The molecular weight excluding hydrogens is 427 g/mol. The summed E-state index contributed by atoms with van der Waals surface area (Å²) in [5.41, 5.74) is 0.391. The van der Waals surface area contributed by atoms with Gasteiger partial charge in [-0.2, -0.15) is 23.4 Å². The van der Waals surface area contributed by atoms with Gasteiger partial charge in [-0.25, -0.2) is 0 Å². The highest BCUT2D eigenvalue weighted by atomic mass is 79.9. The molecule has 0 atom stereocenters. The Labute approximate surface area is 163 Å². The predicted molar refractivity (Wildman–Crippen MR) is 95.9 cm³/mol. The lowest BCUT2D eigenvalue weighted by Crippen LogP contribution is -2.27. The molecule has 27 heavy (non-hydrogen) atoms. The summed E-state index contributed by atoms with van der Waals surface area (Å²) >= 11 is 3.06. The molecule has 2 aromatic heterocycles. The summed E-state index contributed by atoms with van der Waals surface area (Å²) in [6, 6.07) is 1.85. The fraction of sp³-hybridized carbons (Fsp3) is 0.588. The largest absolute Gasteiger partial charge is 0.436 e. The smallest absolute Gasteiger partial charge is 0.340 e. The van der Waals surface area contributed by atoms with E-state index in [1.165, 1.54) is 9.58 Å². The van der Waals surface area contributed by atoms with Gasteiger partial charge in [0.25, 0.3) is 0 Å². The van der Waals surface area contributed by atoms with Crippen molar-refractivity contribution in [3.8, 4) is 0 Å². The third kappa shape index (κ3) is 4.53. The molecule has 0 spiro atoms. The van der Waals surface area contributed by atoms with Crippen molar-refractivity contribution in [2.75, 3.05) is 7.05 Å². The first kappa shape index (κ1) is 19.9. The molecule has 3 rings (SSSR count). The topological polar surface area (TPSA) is 56.0 Å². The number of nitrogens with zero attached hydrogens (tertiary/aromatic N) is 5. The number of halogens is 4. The molecule has 0 radical (unpaired) electrons. The molecular formula is C17H21BrF3N5O. The monoisotopic (exact) mass is 447 g/mol. The van der Waals surface area contributed by atoms with E-state index < -0.39 is 11.9 Å². The second-order valence-corrected chi connectivity index (χ2v) is 7.50. The lowest BCUT2D eigenvalue weighted by molar-refractivity contribution is -0.142. The van der Waals surface area contributed by atoms with Gasteiger partial charge in [0.05, 0.1) is 29.0 Å². The maximum absolute atomic E-state index is 13.1. The number of hydrogen-bond acceptors (Lipinski definition) is 3. The van der Waals surface area contributed by atoms with Crippen molar-refractivity contribution in [1.82, 2.24) is 24.5 Å². The number of carbonyl (C=O) groups is 1. The molecule has 1 aliphatic rings. The van der Waals surface area contributed by atoms with Gasteiger partial charge in [-0.05, 0) is 41.8 Å². The van der Waals surface area contributed by atoms with Crippen LogP contribution >= 0.6 is 15.9 Å². The van der Waals surface area contributed by atoms with Gasteiger partial charge in [0.1, 0.15) is 0 Å². The average Bonchev–Trinajstić information content (AvgIpc) is 3.23. The zero-order chi connectivity index (χ0) is 19.8. The second-order valence-electron chi connectivity index (χ2n) is 6.71. The molecule has 148 valence electrons. The average molecular weight is 448 g/mol. The SMILES string of the molecule is CCn1ccc(CN(C)C(=O)CCn2nc(C(F)(F)F)c(Br)c2C2CC2)n1. The lowest BCUT2D eigenvalue weighted by Gasteiger charge is -2.16. The summed E-state index contributed by atoms with van der Waals surface area (Å²) in [5, 5.41) is 8.06. The van der Waals surface area contributed by atoms with Gasteiger partial charge in [-0.3, -0.25) is 14.2 Å². The first-order valence-electron chi connectivity index (χ1n) is 8.80. The Bertz CT molecular complexity index is 825. The molecule has 1 saturated carbocycles. The number of amides is 1. The van der Waals surface area contributed by atoms with Crippen LogP contribution in [-0.2, 0) is 30.6 Å². The lowest BCUT2D eigenvalue weighted by atomic mass is 10.2. The molecule has 2 aromatic rings. The summed E-state index contributed by atoms with van der Waals surface area (Å²) < 4.78 is 42.5. The Morgan fingerprint density at radius 3 is 2.63 bits per heavy atom. The fourth-order valence-electron chi connectivity index (χ4n) is 2.94. The van der Waals surface area contributed by atoms with Gasteiger partial charge in [0.15, 0.2) is 5.69 Å². The van der Waals surface area contributed by atoms with E-state index in [9.17, 15) is 18.0 Å². The molecule has 0 bridgehead atoms. The Kier molecular flexibility index (Phi) is 5.64. The summed E-state index contributed by atoms with van der Waals surface area (Å²) in [6.07, 6.45) is -0.913. The van der Waals surface area contributed by atoms with Crippen molar-refractivity contribution in [2.45, 2.75) is 57.9 Å². The standard InChI is InChI=1S/C17H21BrF3N5O/c1-3-25-8-6-12(22-25)10-24(2)13(27)7-9-26-15(11-4-5-11)14(18)16(23-26)17(19,20)21/h6,8,11H,3-5,7,9-10H2,1-2H3. The van der Waals surface area contributed by atoms with Crippen LogP contribution in [0, 0.1) is 0 Å². The normalized spacial score (nSPS) is 14.6. The Hall–Kier alpha value is -1.84. The number of aromatic nitrogens is 4. The van der Waals surface area contributed by atoms with Crippen LogP contribution < -0.4 is 0 Å². The summed E-state index contributed by atoms with van der Waals surface area (Å²) in [7, 11) is 1.66. The highest BCUT2D eigenvalue weighted by molar-refractivity contribution is 9.10. The van der Waals surface area contributed by atoms with Gasteiger partial charge < -0.3 is 4.90 Å². The quantitative estimate of drug-likeness (QED) is 0.648. The number of aryl methyl sites for hydroxylation is 2. The molecule has 10 heteroatoms. The summed E-state index contributed by atoms with van der Waals surface area (Å²) in [5.74, 6) is -0.0863. The summed E-state index contributed by atoms with van der Waals surface area (Å²) in [6.45, 7) is 3.20. The molecule has 6 nitrogen and oxygen atoms in total. The third-order valence-corrected chi connectivity index (χ3v) is 5.33. The number of rotatable bonds is 7. The maximum Gasteiger partial charge on any atom is 0.436 e. The van der Waals surface area contributed by atoms with E-state index in [1.807, 2.05) is 19.2 Å². The van der Waals surface area contributed by atoms with Gasteiger partial charge in [-0.15, -0.1) is 0 Å². The summed E-state index contributed by atoms with van der Waals surface area (Å²) in [4.78, 5) is 13.9. The van der Waals surface area contributed by atoms with E-state index in [4.69, 9.17) is 0 Å². The zero-order valence-electron chi connectivity index (χ0n) is 15.1. The zero-order valence-corrected chi connectivity index (χ0v) is 16.7. The molecule has 1 amide bonds. The van der Waals surface area contributed by atoms with Crippen LogP contribution in [0.1, 0.15) is 49.2 Å². The van der Waals surface area contributed by atoms with E-state index in [-0.39, 0.29) is 29.3 Å². The van der Waals surface area contributed by atoms with Crippen molar-refractivity contribution >= 4 is 21.8 Å². The number of alkyl halides is 3. The Morgan fingerprint density at radius 2 is 2.07 bits per heavy atom. The van der Waals surface area contributed by atoms with Crippen LogP contribution in [0.5, 0.6) is 0 Å². The molecule has 1 aliphatic carbocycles. The van der Waals surface area contributed by atoms with Crippen LogP contribution in [0.4, 0.5) is 13.2 Å². The Morgan fingerprint density at radius 1 is 1.37 bits per heavy atom. The van der Waals surface area contributed by atoms with Crippen LogP contribution in [0.25, 0.3) is 0 Å². The molecule has 0 aliphatic heterocycles. The number of hydrogen-bond donors (Lipinski definition) is 0. The first-order valence-corrected chi connectivity index (χ1v) is 9.59. The number of carbonyl (C=O) groups excluding carboxylic acids is 1. The van der Waals surface area contributed by atoms with Crippen LogP contribution in [-0.4, -0.2) is 37.4 Å². The molecule has 0 aromatic carbocycles. The van der Waals surface area contributed by atoms with Crippen molar-refractivity contribution in [3.63, 3.8) is 0 Å². The van der Waals surface area contributed by atoms with Gasteiger partial charge in [0, 0.05) is 32.1 Å². The molecule has 0 N–H and O–H groups in total. The van der Waals surface area contributed by atoms with Crippen LogP contribution in [0.3, 0.4) is 0 Å². The van der Waals surface area contributed by atoms with E-state index in [2.05, 4.69) is 26.1 Å². The fourth-order valence-corrected chi connectivity index (χ4v) is 3.77. The van der Waals surface area contributed by atoms with Crippen molar-refractivity contribution in [1.29, 1.82) is 0 Å². The molecule has 1 fully saturated rings. The minimum atomic E-state index is -4.52. The molecule has 0 saturated heterocycles. The first-order chi connectivity index (χ1) is 12.7. The minimum absolute atomic E-state index is 0.00316. The van der Waals surface area contributed by atoms with E-state index in [0.29, 0.717) is 12.2 Å². The van der Waals surface area contributed by atoms with Crippen LogP contribution in [0.15, 0.2) is 16.7 Å². The highest BCUT2D eigenvalue weighted by Crippen LogP contribution is 2.47. The molecule has 0 unspecified atom stereocenters. The minimum Gasteiger partial charge on any atom is -0.340 e. The van der Waals surface area contributed by atoms with E-state index in [0.717, 1.165) is 25.1 Å². The van der Waals surface area contributed by atoms with Gasteiger partial charge >= 0.3 is 6.18 Å². The van der Waals surface area contributed by atoms with Crippen molar-refractivity contribution in [2.24, 2.45) is 0 Å². The van der Waals surface area contributed by atoms with E-state index in [1.54, 1.807) is 11.7 Å². The second kappa shape index (κ2) is 7.65.